The first-order valence-corrected chi connectivity index (χ1v) is 13.7. The number of ketones is 1. The molecular weight excluding hydrogens is 480 g/mol. The number of carbonyl (C=O) groups excluding carboxylic acids is 3. The van der Waals surface area contributed by atoms with Gasteiger partial charge in [0.1, 0.15) is 18.8 Å². The molecule has 1 N–H and O–H groups in total. The van der Waals surface area contributed by atoms with E-state index in [-0.39, 0.29) is 23.6 Å². The maximum absolute atomic E-state index is 13.6. The van der Waals surface area contributed by atoms with Gasteiger partial charge in [0.25, 0.3) is 11.7 Å². The zero-order valence-electron chi connectivity index (χ0n) is 20.7. The number of hydrogen-bond acceptors (Lipinski definition) is 6. The summed E-state index contributed by atoms with van der Waals surface area (Å²) in [6.07, 6.45) is 10.3. The number of methoxy groups -OCH3 is 1. The molecule has 8 nitrogen and oxygen atoms in total. The summed E-state index contributed by atoms with van der Waals surface area (Å²) >= 11 is 1.31. The number of aliphatic carboxylic acids is 1. The number of fused-ring (bicyclic) bond motifs is 1. The lowest BCUT2D eigenvalue weighted by Gasteiger charge is -2.42. The fourth-order valence-corrected chi connectivity index (χ4v) is 6.57. The van der Waals surface area contributed by atoms with Crippen molar-refractivity contribution in [1.29, 1.82) is 0 Å². The van der Waals surface area contributed by atoms with Crippen LogP contribution in [0.5, 0.6) is 5.75 Å². The van der Waals surface area contributed by atoms with E-state index in [9.17, 15) is 24.3 Å². The topological polar surface area (TPSA) is 104 Å². The van der Waals surface area contributed by atoms with Crippen molar-refractivity contribution in [2.45, 2.75) is 76.3 Å². The van der Waals surface area contributed by atoms with Gasteiger partial charge in [0.05, 0.1) is 7.11 Å². The van der Waals surface area contributed by atoms with Gasteiger partial charge in [-0.3, -0.25) is 19.2 Å². The van der Waals surface area contributed by atoms with E-state index in [0.29, 0.717) is 11.1 Å². The number of hydrogen-bond donors (Lipinski definition) is 1. The van der Waals surface area contributed by atoms with Crippen LogP contribution >= 0.6 is 11.3 Å². The zero-order chi connectivity index (χ0) is 25.7. The summed E-state index contributed by atoms with van der Waals surface area (Å²) in [5.74, 6) is -2.64. The predicted octanol–water partition coefficient (Wildman–Crippen LogP) is 4.50. The number of benzene rings is 1. The maximum atomic E-state index is 13.6. The minimum Gasteiger partial charge on any atom is -0.497 e. The molecule has 0 unspecified atom stereocenters. The Morgan fingerprint density at radius 2 is 1.56 bits per heavy atom. The molecule has 0 bridgehead atoms. The van der Waals surface area contributed by atoms with E-state index in [1.54, 1.807) is 30.7 Å². The predicted molar refractivity (Wildman–Crippen MR) is 138 cm³/mol. The van der Waals surface area contributed by atoms with Crippen molar-refractivity contribution in [3.8, 4) is 5.75 Å². The van der Waals surface area contributed by atoms with Crippen LogP contribution in [0.1, 0.15) is 74.6 Å². The van der Waals surface area contributed by atoms with Crippen LogP contribution in [0.15, 0.2) is 23.6 Å². The first-order chi connectivity index (χ1) is 17.4. The van der Waals surface area contributed by atoms with Crippen LogP contribution in [0, 0.1) is 0 Å². The second-order valence-electron chi connectivity index (χ2n) is 9.78. The van der Waals surface area contributed by atoms with E-state index >= 15 is 0 Å². The molecule has 2 aliphatic rings. The fourth-order valence-electron chi connectivity index (χ4n) is 5.60. The lowest BCUT2D eigenvalue weighted by molar-refractivity contribution is -0.147. The average molecular weight is 515 g/mol. The summed E-state index contributed by atoms with van der Waals surface area (Å²) in [5, 5.41) is 11.7. The Morgan fingerprint density at radius 3 is 2.11 bits per heavy atom. The average Bonchev–Trinajstić information content (AvgIpc) is 3.31. The van der Waals surface area contributed by atoms with Gasteiger partial charge in [-0.25, -0.2) is 0 Å². The highest BCUT2D eigenvalue weighted by molar-refractivity contribution is 7.17. The second-order valence-corrected chi connectivity index (χ2v) is 10.7. The van der Waals surface area contributed by atoms with E-state index in [1.165, 1.54) is 11.3 Å². The minimum absolute atomic E-state index is 0.114. The van der Waals surface area contributed by atoms with E-state index in [0.717, 1.165) is 73.8 Å². The Labute approximate surface area is 215 Å². The van der Waals surface area contributed by atoms with Crippen molar-refractivity contribution >= 4 is 45.0 Å². The lowest BCUT2D eigenvalue weighted by Crippen LogP contribution is -2.54. The number of rotatable bonds is 9. The molecule has 194 valence electrons. The third-order valence-corrected chi connectivity index (χ3v) is 8.33. The molecule has 0 spiro atoms. The van der Waals surface area contributed by atoms with E-state index < -0.39 is 30.7 Å². The minimum atomic E-state index is -1.26. The summed E-state index contributed by atoms with van der Waals surface area (Å²) in [4.78, 5) is 54.6. The van der Waals surface area contributed by atoms with Crippen molar-refractivity contribution in [1.82, 2.24) is 9.80 Å². The Hall–Kier alpha value is -2.94. The fraction of sp³-hybridized carbons (Fsp3) is 0.556. The molecule has 2 fully saturated rings. The lowest BCUT2D eigenvalue weighted by atomic mass is 9.88. The molecule has 0 atom stereocenters. The first kappa shape index (κ1) is 26.1. The number of carboxylic acids is 1. The second kappa shape index (κ2) is 11.9. The van der Waals surface area contributed by atoms with Crippen molar-refractivity contribution in [3.05, 3.63) is 29.1 Å². The maximum Gasteiger partial charge on any atom is 0.323 e. The highest BCUT2D eigenvalue weighted by Crippen LogP contribution is 2.32. The highest BCUT2D eigenvalue weighted by Gasteiger charge is 2.35. The smallest absolute Gasteiger partial charge is 0.323 e. The molecule has 1 heterocycles. The molecule has 2 aromatic rings. The van der Waals surface area contributed by atoms with E-state index in [2.05, 4.69) is 0 Å². The molecule has 0 aliphatic heterocycles. The summed E-state index contributed by atoms with van der Waals surface area (Å²) in [6.45, 7) is -1.10. The van der Waals surface area contributed by atoms with Crippen molar-refractivity contribution in [3.63, 3.8) is 0 Å². The molecule has 36 heavy (non-hydrogen) atoms. The summed E-state index contributed by atoms with van der Waals surface area (Å²) < 4.78 is 6.01. The third-order valence-electron chi connectivity index (χ3n) is 7.39. The van der Waals surface area contributed by atoms with Gasteiger partial charge in [-0.1, -0.05) is 38.5 Å². The number of Topliss-reactive ketones (excluding diaryl/α,β-unsaturated/α-hetero) is 1. The van der Waals surface area contributed by atoms with Crippen molar-refractivity contribution < 1.29 is 29.0 Å². The van der Waals surface area contributed by atoms with Gasteiger partial charge in [-0.05, 0) is 43.9 Å². The van der Waals surface area contributed by atoms with E-state index in [1.807, 2.05) is 4.90 Å². The number of ether oxygens (including phenoxy) is 1. The van der Waals surface area contributed by atoms with Gasteiger partial charge >= 0.3 is 5.97 Å². The largest absolute Gasteiger partial charge is 0.497 e. The number of nitrogens with zero attached hydrogens (tertiary/aromatic N) is 2. The van der Waals surface area contributed by atoms with Crippen LogP contribution in [0.2, 0.25) is 0 Å². The molecule has 2 aliphatic carbocycles. The Kier molecular flexibility index (Phi) is 8.61. The Balaban J connectivity index is 1.56. The normalized spacial score (nSPS) is 17.0. The highest BCUT2D eigenvalue weighted by atomic mass is 32.1. The van der Waals surface area contributed by atoms with Crippen LogP contribution in [0.4, 0.5) is 0 Å². The monoisotopic (exact) mass is 514 g/mol. The first-order valence-electron chi connectivity index (χ1n) is 12.8. The van der Waals surface area contributed by atoms with Gasteiger partial charge in [-0.15, -0.1) is 11.3 Å². The molecule has 0 radical (unpaired) electrons. The van der Waals surface area contributed by atoms with Gasteiger partial charge < -0.3 is 19.6 Å². The number of carboxylic acid groups (broad SMARTS) is 1. The third kappa shape index (κ3) is 5.88. The van der Waals surface area contributed by atoms with Crippen molar-refractivity contribution in [2.24, 2.45) is 0 Å². The zero-order valence-corrected chi connectivity index (χ0v) is 21.6. The molecule has 2 amide bonds. The van der Waals surface area contributed by atoms with Crippen LogP contribution in [0.25, 0.3) is 10.1 Å². The van der Waals surface area contributed by atoms with Gasteiger partial charge in [0, 0.05) is 33.1 Å². The molecule has 0 saturated heterocycles. The Morgan fingerprint density at radius 1 is 0.944 bits per heavy atom. The van der Waals surface area contributed by atoms with Crippen LogP contribution in [-0.2, 0) is 14.4 Å². The summed E-state index contributed by atoms with van der Waals surface area (Å²) in [7, 11) is 1.55. The van der Waals surface area contributed by atoms with Gasteiger partial charge in [-0.2, -0.15) is 0 Å². The molecule has 4 rings (SSSR count). The molecule has 2 saturated carbocycles. The van der Waals surface area contributed by atoms with Crippen molar-refractivity contribution in [2.75, 3.05) is 20.2 Å². The van der Waals surface area contributed by atoms with Gasteiger partial charge in [0.15, 0.2) is 0 Å². The van der Waals surface area contributed by atoms with Crippen LogP contribution in [0.3, 0.4) is 0 Å². The van der Waals surface area contributed by atoms with Gasteiger partial charge in [0.2, 0.25) is 5.91 Å². The molecule has 1 aromatic heterocycles. The quantitative estimate of drug-likeness (QED) is 0.390. The van der Waals surface area contributed by atoms with Crippen LogP contribution < -0.4 is 4.74 Å². The standard InChI is InChI=1S/C27H34N2O6S/c1-35-20-12-13-21-22(17-36-23(21)14-20)26(33)27(34)28(16-25(31)32)15-24(30)29(18-8-4-2-5-9-18)19-10-6-3-7-11-19/h12-14,17-19H,2-11,15-16H2,1H3,(H,31,32). The summed E-state index contributed by atoms with van der Waals surface area (Å²) in [6, 6.07) is 5.43. The van der Waals surface area contributed by atoms with Crippen LogP contribution in [-0.4, -0.2) is 70.8 Å². The molecule has 9 heteroatoms. The number of carbonyl (C=O) groups is 4. The molecular formula is C27H34N2O6S. The molecule has 1 aromatic carbocycles. The number of amides is 2. The summed E-state index contributed by atoms with van der Waals surface area (Å²) in [5.41, 5.74) is 0.210. The van der Waals surface area contributed by atoms with E-state index in [4.69, 9.17) is 4.74 Å². The SMILES string of the molecule is COc1ccc2c(C(=O)C(=O)N(CC(=O)O)CC(=O)N(C3CCCCC3)C3CCCCC3)csc2c1. The Bertz CT molecular complexity index is 1100. The number of thiophene rings is 1.